The van der Waals surface area contributed by atoms with Gasteiger partial charge in [0.05, 0.1) is 6.10 Å². The molecular weight excluding hydrogens is 236 g/mol. The van der Waals surface area contributed by atoms with Gasteiger partial charge in [0, 0.05) is 25.5 Å². The van der Waals surface area contributed by atoms with Crippen molar-refractivity contribution in [2.24, 2.45) is 5.92 Å². The first-order chi connectivity index (χ1) is 9.24. The number of hydrogen-bond acceptors (Lipinski definition) is 3. The van der Waals surface area contributed by atoms with Crippen LogP contribution in [0.15, 0.2) is 24.5 Å². The molecule has 0 spiro atoms. The van der Waals surface area contributed by atoms with Crippen LogP contribution >= 0.6 is 0 Å². The summed E-state index contributed by atoms with van der Waals surface area (Å²) in [6.07, 6.45) is 10.9. The third kappa shape index (κ3) is 5.29. The van der Waals surface area contributed by atoms with E-state index in [4.69, 9.17) is 0 Å². The van der Waals surface area contributed by atoms with Crippen molar-refractivity contribution in [1.82, 2.24) is 9.88 Å². The second kappa shape index (κ2) is 7.61. The summed E-state index contributed by atoms with van der Waals surface area (Å²) in [5.41, 5.74) is 1.31. The first kappa shape index (κ1) is 14.5. The van der Waals surface area contributed by atoms with Crippen LogP contribution in [0.25, 0.3) is 0 Å². The number of pyridine rings is 1. The van der Waals surface area contributed by atoms with Gasteiger partial charge >= 0.3 is 0 Å². The van der Waals surface area contributed by atoms with Crippen LogP contribution in [0.5, 0.6) is 0 Å². The molecule has 3 nitrogen and oxygen atoms in total. The number of likely N-dealkylation sites (N-methyl/N-ethyl adjacent to an activating group) is 1. The minimum absolute atomic E-state index is 0.162. The summed E-state index contributed by atoms with van der Waals surface area (Å²) >= 11 is 0. The van der Waals surface area contributed by atoms with E-state index in [1.807, 2.05) is 12.4 Å². The zero-order valence-electron chi connectivity index (χ0n) is 12.0. The molecule has 1 N–H and O–H groups in total. The summed E-state index contributed by atoms with van der Waals surface area (Å²) in [5.74, 6) is 0.767. The molecular formula is C16H26N2O. The van der Waals surface area contributed by atoms with E-state index < -0.39 is 0 Å². The van der Waals surface area contributed by atoms with E-state index in [1.165, 1.54) is 31.2 Å². The fraction of sp³-hybridized carbons (Fsp3) is 0.688. The number of rotatable bonds is 7. The predicted octanol–water partition coefficient (Wildman–Crippen LogP) is 2.50. The Hall–Kier alpha value is -0.930. The zero-order valence-corrected chi connectivity index (χ0v) is 12.0. The van der Waals surface area contributed by atoms with Gasteiger partial charge in [0.15, 0.2) is 0 Å². The lowest BCUT2D eigenvalue weighted by Gasteiger charge is -2.22. The molecule has 0 aliphatic heterocycles. The van der Waals surface area contributed by atoms with Crippen LogP contribution in [0.2, 0.25) is 0 Å². The van der Waals surface area contributed by atoms with Crippen molar-refractivity contribution < 1.29 is 5.11 Å². The summed E-state index contributed by atoms with van der Waals surface area (Å²) in [5, 5.41) is 10.1. The molecule has 1 aromatic heterocycles. The number of aromatic nitrogens is 1. The smallest absolute Gasteiger partial charge is 0.0669 e. The predicted molar refractivity (Wildman–Crippen MR) is 78.0 cm³/mol. The van der Waals surface area contributed by atoms with Crippen LogP contribution in [0, 0.1) is 5.92 Å². The van der Waals surface area contributed by atoms with Crippen LogP contribution in [0.4, 0.5) is 0 Å². The van der Waals surface area contributed by atoms with Gasteiger partial charge in [0.25, 0.3) is 0 Å². The van der Waals surface area contributed by atoms with Crippen molar-refractivity contribution in [3.05, 3.63) is 30.1 Å². The molecule has 0 saturated heterocycles. The molecule has 0 aromatic carbocycles. The Morgan fingerprint density at radius 2 is 2.00 bits per heavy atom. The maximum absolute atomic E-state index is 10.1. The Balaban J connectivity index is 1.64. The van der Waals surface area contributed by atoms with Crippen LogP contribution < -0.4 is 0 Å². The van der Waals surface area contributed by atoms with E-state index in [1.54, 1.807) is 0 Å². The highest BCUT2D eigenvalue weighted by molar-refractivity contribution is 5.09. The van der Waals surface area contributed by atoms with Gasteiger partial charge in [-0.15, -0.1) is 0 Å². The molecule has 0 bridgehead atoms. The third-order valence-corrected chi connectivity index (χ3v) is 4.13. The number of nitrogens with zero attached hydrogens (tertiary/aromatic N) is 2. The summed E-state index contributed by atoms with van der Waals surface area (Å²) in [6, 6.07) is 4.12. The van der Waals surface area contributed by atoms with E-state index in [2.05, 4.69) is 29.1 Å². The van der Waals surface area contributed by atoms with Gasteiger partial charge in [-0.2, -0.15) is 0 Å². The van der Waals surface area contributed by atoms with E-state index in [0.29, 0.717) is 0 Å². The molecule has 19 heavy (non-hydrogen) atoms. The lowest BCUT2D eigenvalue weighted by atomic mass is 10.00. The van der Waals surface area contributed by atoms with E-state index in [9.17, 15) is 5.11 Å². The number of aliphatic hydroxyl groups is 1. The molecule has 3 heteroatoms. The fourth-order valence-electron chi connectivity index (χ4n) is 3.03. The summed E-state index contributed by atoms with van der Waals surface area (Å²) < 4.78 is 0. The maximum Gasteiger partial charge on any atom is 0.0669 e. The number of hydrogen-bond donors (Lipinski definition) is 1. The van der Waals surface area contributed by atoms with Crippen molar-refractivity contribution >= 4 is 0 Å². The standard InChI is InChI=1S/C16H26N2O/c1-18(11-8-14-6-9-17-10-7-14)13-16(19)12-15-4-2-3-5-15/h6-7,9-10,15-16,19H,2-5,8,11-13H2,1H3. The molecule has 1 aliphatic rings. The van der Waals surface area contributed by atoms with Gasteiger partial charge in [-0.05, 0) is 43.5 Å². The Labute approximate surface area is 116 Å². The Kier molecular flexibility index (Phi) is 5.80. The second-order valence-corrected chi connectivity index (χ2v) is 5.91. The molecule has 0 radical (unpaired) electrons. The highest BCUT2D eigenvalue weighted by Crippen LogP contribution is 2.28. The molecule has 106 valence electrons. The van der Waals surface area contributed by atoms with Gasteiger partial charge in [-0.25, -0.2) is 0 Å². The lowest BCUT2D eigenvalue weighted by molar-refractivity contribution is 0.102. The largest absolute Gasteiger partial charge is 0.392 e. The molecule has 1 atom stereocenters. The fourth-order valence-corrected chi connectivity index (χ4v) is 3.03. The van der Waals surface area contributed by atoms with Crippen molar-refractivity contribution in [2.75, 3.05) is 20.1 Å². The zero-order chi connectivity index (χ0) is 13.5. The van der Waals surface area contributed by atoms with Gasteiger partial charge in [-0.3, -0.25) is 4.98 Å². The van der Waals surface area contributed by atoms with Gasteiger partial charge < -0.3 is 10.0 Å². The summed E-state index contributed by atoms with van der Waals surface area (Å²) in [4.78, 5) is 6.26. The average Bonchev–Trinajstić information content (AvgIpc) is 2.90. The minimum atomic E-state index is -0.162. The average molecular weight is 262 g/mol. The highest BCUT2D eigenvalue weighted by atomic mass is 16.3. The number of aliphatic hydroxyl groups excluding tert-OH is 1. The molecule has 1 aliphatic carbocycles. The summed E-state index contributed by atoms with van der Waals surface area (Å²) in [6.45, 7) is 1.79. The van der Waals surface area contributed by atoms with E-state index in [0.717, 1.165) is 31.8 Å². The lowest BCUT2D eigenvalue weighted by Crippen LogP contribution is -2.31. The first-order valence-electron chi connectivity index (χ1n) is 7.49. The second-order valence-electron chi connectivity index (χ2n) is 5.91. The Bertz CT molecular complexity index is 349. The molecule has 1 saturated carbocycles. The molecule has 1 aromatic rings. The van der Waals surface area contributed by atoms with Gasteiger partial charge in [-0.1, -0.05) is 25.7 Å². The minimum Gasteiger partial charge on any atom is -0.392 e. The first-order valence-corrected chi connectivity index (χ1v) is 7.49. The van der Waals surface area contributed by atoms with Crippen LogP contribution in [0.1, 0.15) is 37.7 Å². The monoisotopic (exact) mass is 262 g/mol. The molecule has 2 rings (SSSR count). The third-order valence-electron chi connectivity index (χ3n) is 4.13. The quantitative estimate of drug-likeness (QED) is 0.820. The topological polar surface area (TPSA) is 36.4 Å². The summed E-state index contributed by atoms with van der Waals surface area (Å²) in [7, 11) is 2.10. The maximum atomic E-state index is 10.1. The van der Waals surface area contributed by atoms with E-state index in [-0.39, 0.29) is 6.10 Å². The highest BCUT2D eigenvalue weighted by Gasteiger charge is 2.19. The van der Waals surface area contributed by atoms with Crippen molar-refractivity contribution in [1.29, 1.82) is 0 Å². The van der Waals surface area contributed by atoms with Crippen LogP contribution in [-0.4, -0.2) is 41.2 Å². The molecule has 1 fully saturated rings. The van der Waals surface area contributed by atoms with Crippen molar-refractivity contribution in [3.8, 4) is 0 Å². The SMILES string of the molecule is CN(CCc1ccncc1)CC(O)CC1CCCC1. The molecule has 0 amide bonds. The van der Waals surface area contributed by atoms with E-state index >= 15 is 0 Å². The Morgan fingerprint density at radius 3 is 2.68 bits per heavy atom. The Morgan fingerprint density at radius 1 is 1.32 bits per heavy atom. The van der Waals surface area contributed by atoms with Crippen LogP contribution in [-0.2, 0) is 6.42 Å². The van der Waals surface area contributed by atoms with Gasteiger partial charge in [0.2, 0.25) is 0 Å². The van der Waals surface area contributed by atoms with Crippen LogP contribution in [0.3, 0.4) is 0 Å². The van der Waals surface area contributed by atoms with Crippen molar-refractivity contribution in [2.45, 2.75) is 44.6 Å². The van der Waals surface area contributed by atoms with Crippen molar-refractivity contribution in [3.63, 3.8) is 0 Å². The molecule has 1 heterocycles. The van der Waals surface area contributed by atoms with Gasteiger partial charge in [0.1, 0.15) is 0 Å². The molecule has 1 unspecified atom stereocenters. The normalized spacial score (nSPS) is 18.1.